The lowest BCUT2D eigenvalue weighted by molar-refractivity contribution is 0.0488. The van der Waals surface area contributed by atoms with Crippen molar-refractivity contribution in [2.45, 2.75) is 76.3 Å². The molecular weight excluding hydrogens is 576 g/mol. The average Bonchev–Trinajstić information content (AvgIpc) is 3.09. The minimum absolute atomic E-state index is 0.102. The maximum Gasteiger partial charge on any atom is 0.263 e. The molecule has 6 aromatic rings. The minimum Gasteiger partial charge on any atom is -0.271 e. The summed E-state index contributed by atoms with van der Waals surface area (Å²) in [6.07, 6.45) is 12.8. The highest BCUT2D eigenvalue weighted by Gasteiger charge is 2.42. The Bertz CT molecular complexity index is 2360. The summed E-state index contributed by atoms with van der Waals surface area (Å²) in [7, 11) is 0. The van der Waals surface area contributed by atoms with Gasteiger partial charge in [-0.15, -0.1) is 0 Å². The van der Waals surface area contributed by atoms with E-state index in [0.717, 1.165) is 96.5 Å². The monoisotopic (exact) mass is 606 g/mol. The molecule has 10 rings (SSSR count). The Kier molecular flexibility index (Phi) is 5.30. The Morgan fingerprint density at radius 1 is 0.478 bits per heavy atom. The van der Waals surface area contributed by atoms with Crippen molar-refractivity contribution in [2.75, 3.05) is 0 Å². The van der Waals surface area contributed by atoms with Crippen LogP contribution in [0.2, 0.25) is 0 Å². The second-order valence-electron chi connectivity index (χ2n) is 13.5. The first kappa shape index (κ1) is 26.3. The van der Waals surface area contributed by atoms with Crippen molar-refractivity contribution in [3.05, 3.63) is 71.0 Å². The van der Waals surface area contributed by atoms with Crippen LogP contribution in [0.1, 0.15) is 106 Å². The Hall–Kier alpha value is -4.98. The molecule has 0 saturated heterocycles. The Morgan fingerprint density at radius 2 is 1.02 bits per heavy atom. The minimum atomic E-state index is -0.285. The highest BCUT2D eigenvalue weighted by Crippen LogP contribution is 2.48. The number of carbonyl (C=O) groups is 4. The molecule has 8 nitrogen and oxygen atoms in total. The average molecular weight is 607 g/mol. The summed E-state index contributed by atoms with van der Waals surface area (Å²) in [5, 5.41) is 5.85. The summed E-state index contributed by atoms with van der Waals surface area (Å²) >= 11 is 0. The molecular formula is C38H30N4O4. The summed E-state index contributed by atoms with van der Waals surface area (Å²) in [6, 6.07) is 11.3. The molecule has 226 valence electrons. The van der Waals surface area contributed by atoms with E-state index < -0.39 is 0 Å². The van der Waals surface area contributed by atoms with Crippen LogP contribution >= 0.6 is 0 Å². The molecule has 2 aliphatic carbocycles. The van der Waals surface area contributed by atoms with Crippen LogP contribution in [-0.4, -0.2) is 55.5 Å². The van der Waals surface area contributed by atoms with Gasteiger partial charge in [0.25, 0.3) is 23.6 Å². The summed E-state index contributed by atoms with van der Waals surface area (Å²) < 4.78 is 0. The van der Waals surface area contributed by atoms with E-state index in [1.165, 1.54) is 9.80 Å². The lowest BCUT2D eigenvalue weighted by Gasteiger charge is -2.37. The first-order valence-corrected chi connectivity index (χ1v) is 16.6. The van der Waals surface area contributed by atoms with E-state index in [1.807, 2.05) is 36.4 Å². The third-order valence-corrected chi connectivity index (χ3v) is 11.2. The molecule has 4 aliphatic rings. The second kappa shape index (κ2) is 9.28. The van der Waals surface area contributed by atoms with E-state index in [-0.39, 0.29) is 35.7 Å². The molecule has 2 fully saturated rings. The zero-order valence-electron chi connectivity index (χ0n) is 25.3. The van der Waals surface area contributed by atoms with Crippen molar-refractivity contribution < 1.29 is 19.2 Å². The van der Waals surface area contributed by atoms with Gasteiger partial charge in [0.15, 0.2) is 0 Å². The highest BCUT2D eigenvalue weighted by atomic mass is 16.2. The molecule has 0 unspecified atom stereocenters. The highest BCUT2D eigenvalue weighted by molar-refractivity contribution is 6.44. The Labute approximate surface area is 263 Å². The molecule has 0 atom stereocenters. The molecule has 0 bridgehead atoms. The molecule has 4 aromatic carbocycles. The number of benzene rings is 4. The number of imide groups is 2. The SMILES string of the molecule is O=C1c2ccc3c4ncc5c6c(c7ccccc7c(c7ncc(c2c37)C(=O)N1C1CCCCC1)c64)C(=O)N(C1CCCCC1)C5=O. The second-order valence-corrected chi connectivity index (χ2v) is 13.5. The number of hydrogen-bond donors (Lipinski definition) is 0. The van der Waals surface area contributed by atoms with Crippen LogP contribution in [0.15, 0.2) is 48.8 Å². The zero-order valence-corrected chi connectivity index (χ0v) is 25.3. The molecule has 8 heteroatoms. The van der Waals surface area contributed by atoms with Gasteiger partial charge >= 0.3 is 0 Å². The smallest absolute Gasteiger partial charge is 0.263 e. The maximum atomic E-state index is 14.5. The van der Waals surface area contributed by atoms with Gasteiger partial charge < -0.3 is 0 Å². The lowest BCUT2D eigenvalue weighted by Crippen LogP contribution is -2.48. The predicted octanol–water partition coefficient (Wildman–Crippen LogP) is 7.54. The quantitative estimate of drug-likeness (QED) is 0.115. The number of rotatable bonds is 2. The van der Waals surface area contributed by atoms with Gasteiger partial charge in [-0.2, -0.15) is 0 Å². The number of hydrogen-bond acceptors (Lipinski definition) is 6. The van der Waals surface area contributed by atoms with Crippen molar-refractivity contribution in [3.8, 4) is 0 Å². The van der Waals surface area contributed by atoms with Gasteiger partial charge in [0.05, 0.1) is 27.7 Å². The maximum absolute atomic E-state index is 14.5. The molecule has 0 spiro atoms. The summed E-state index contributed by atoms with van der Waals surface area (Å²) in [6.45, 7) is 0. The van der Waals surface area contributed by atoms with Crippen molar-refractivity contribution in [2.24, 2.45) is 0 Å². The molecule has 2 aliphatic heterocycles. The topological polar surface area (TPSA) is 101 Å². The van der Waals surface area contributed by atoms with Crippen molar-refractivity contribution in [3.63, 3.8) is 0 Å². The predicted molar refractivity (Wildman–Crippen MR) is 175 cm³/mol. The Morgan fingerprint density at radius 3 is 1.70 bits per heavy atom. The third kappa shape index (κ3) is 3.19. The molecule has 2 aromatic heterocycles. The van der Waals surface area contributed by atoms with Crippen LogP contribution in [0.3, 0.4) is 0 Å². The van der Waals surface area contributed by atoms with Gasteiger partial charge in [0.2, 0.25) is 0 Å². The van der Waals surface area contributed by atoms with E-state index in [2.05, 4.69) is 0 Å². The van der Waals surface area contributed by atoms with E-state index in [0.29, 0.717) is 44.1 Å². The molecule has 0 N–H and O–H groups in total. The number of nitrogens with zero attached hydrogens (tertiary/aromatic N) is 4. The van der Waals surface area contributed by atoms with Crippen molar-refractivity contribution in [1.29, 1.82) is 0 Å². The fourth-order valence-electron chi connectivity index (χ4n) is 9.19. The fourth-order valence-corrected chi connectivity index (χ4v) is 9.19. The number of fused-ring (bicyclic) bond motifs is 5. The number of pyridine rings is 2. The van der Waals surface area contributed by atoms with Crippen LogP contribution < -0.4 is 0 Å². The van der Waals surface area contributed by atoms with Crippen molar-refractivity contribution in [1.82, 2.24) is 19.8 Å². The van der Waals surface area contributed by atoms with Gasteiger partial charge in [-0.05, 0) is 42.5 Å². The summed E-state index contributed by atoms with van der Waals surface area (Å²) in [5.41, 5.74) is 3.21. The first-order valence-electron chi connectivity index (χ1n) is 16.6. The lowest BCUT2D eigenvalue weighted by atomic mass is 9.82. The zero-order chi connectivity index (χ0) is 30.8. The molecule has 0 radical (unpaired) electrons. The van der Waals surface area contributed by atoms with Gasteiger partial charge in [-0.3, -0.25) is 38.9 Å². The summed E-state index contributed by atoms with van der Waals surface area (Å²) in [4.78, 5) is 69.6. The fraction of sp³-hybridized carbons (Fsp3) is 0.316. The van der Waals surface area contributed by atoms with E-state index in [9.17, 15) is 19.2 Å². The molecule has 4 amide bonds. The van der Waals surface area contributed by atoms with Gasteiger partial charge in [0.1, 0.15) is 0 Å². The number of aromatic nitrogens is 2. The van der Waals surface area contributed by atoms with Gasteiger partial charge in [-0.1, -0.05) is 68.9 Å². The van der Waals surface area contributed by atoms with E-state index in [1.54, 1.807) is 12.4 Å². The van der Waals surface area contributed by atoms with Crippen LogP contribution in [0.25, 0.3) is 54.1 Å². The van der Waals surface area contributed by atoms with Gasteiger partial charge in [0, 0.05) is 62.4 Å². The normalized spacial score (nSPS) is 19.7. The van der Waals surface area contributed by atoms with Crippen molar-refractivity contribution >= 4 is 77.8 Å². The van der Waals surface area contributed by atoms with Gasteiger partial charge in [-0.25, -0.2) is 0 Å². The number of amides is 4. The van der Waals surface area contributed by atoms with Crippen LogP contribution in [0.4, 0.5) is 0 Å². The third-order valence-electron chi connectivity index (χ3n) is 11.2. The van der Waals surface area contributed by atoms with Crippen LogP contribution in [-0.2, 0) is 0 Å². The summed E-state index contributed by atoms with van der Waals surface area (Å²) in [5.74, 6) is -1.06. The first-order chi connectivity index (χ1) is 22.5. The van der Waals surface area contributed by atoms with E-state index in [4.69, 9.17) is 9.97 Å². The van der Waals surface area contributed by atoms with Crippen LogP contribution in [0, 0.1) is 0 Å². The van der Waals surface area contributed by atoms with Crippen LogP contribution in [0.5, 0.6) is 0 Å². The number of carbonyl (C=O) groups excluding carboxylic acids is 4. The molecule has 46 heavy (non-hydrogen) atoms. The van der Waals surface area contributed by atoms with E-state index >= 15 is 0 Å². The molecule has 2 saturated carbocycles. The standard InChI is InChI=1S/C38H30N4O4/c43-35-24-16-15-23-30-27(24)25(36(44)41(35)19-9-3-1-4-10-19)17-40-34(30)29-21-13-7-8-14-22(21)31-28-26(18-39-33(23)32(28)29)37(45)42(38(31)46)20-11-5-2-6-12-20/h7-8,13-20H,1-6,9-12H2. The largest absolute Gasteiger partial charge is 0.271 e. The Balaban J connectivity index is 1.31. The molecule has 4 heterocycles.